The third-order valence-corrected chi connectivity index (χ3v) is 8.10. The predicted octanol–water partition coefficient (Wildman–Crippen LogP) is 4.66. The van der Waals surface area contributed by atoms with Gasteiger partial charge in [0.1, 0.15) is 4.83 Å². The number of carbonyl (C=O) groups is 1. The number of hydrogen-bond acceptors (Lipinski definition) is 6. The number of likely N-dealkylation sites (N-methyl/N-ethyl adjacent to an activating group) is 1. The molecule has 4 aromatic rings. The van der Waals surface area contributed by atoms with E-state index >= 15 is 0 Å². The minimum Gasteiger partial charge on any atom is -0.301 e. The van der Waals surface area contributed by atoms with Crippen molar-refractivity contribution in [1.82, 2.24) is 14.5 Å². The molecule has 0 unspecified atom stereocenters. The normalized spacial score (nSPS) is 13.8. The number of thiophene rings is 1. The average Bonchev–Trinajstić information content (AvgIpc) is 3.20. The summed E-state index contributed by atoms with van der Waals surface area (Å²) < 4.78 is 1.78. The zero-order chi connectivity index (χ0) is 22.8. The summed E-state index contributed by atoms with van der Waals surface area (Å²) in [6.07, 6.45) is 1.61. The smallest absolute Gasteiger partial charge is 0.263 e. The van der Waals surface area contributed by atoms with Gasteiger partial charge in [0.15, 0.2) is 10.9 Å². The van der Waals surface area contributed by atoms with Crippen molar-refractivity contribution in [3.63, 3.8) is 0 Å². The molecule has 0 radical (unpaired) electrons. The van der Waals surface area contributed by atoms with Crippen LogP contribution in [0.5, 0.6) is 0 Å². The molecule has 5 rings (SSSR count). The number of fused-ring (bicyclic) bond motifs is 3. The van der Waals surface area contributed by atoms with Crippen molar-refractivity contribution in [2.45, 2.75) is 31.1 Å². The molecule has 0 amide bonds. The molecule has 0 saturated carbocycles. The number of nitrogens with zero attached hydrogens (tertiary/aromatic N) is 3. The highest BCUT2D eigenvalue weighted by molar-refractivity contribution is 7.99. The Balaban J connectivity index is 1.51. The van der Waals surface area contributed by atoms with Crippen LogP contribution in [0, 0.1) is 0 Å². The average molecular weight is 476 g/mol. The largest absolute Gasteiger partial charge is 0.301 e. The number of rotatable bonds is 7. The lowest BCUT2D eigenvalue weighted by Gasteiger charge is -2.21. The van der Waals surface area contributed by atoms with Crippen molar-refractivity contribution >= 4 is 39.1 Å². The first kappa shape index (κ1) is 22.1. The maximum atomic E-state index is 13.7. The second-order valence-electron chi connectivity index (χ2n) is 8.34. The fraction of sp³-hybridized carbons (Fsp3) is 0.269. The Bertz CT molecular complexity index is 1350. The van der Waals surface area contributed by atoms with Crippen molar-refractivity contribution in [3.8, 4) is 0 Å². The maximum Gasteiger partial charge on any atom is 0.263 e. The zero-order valence-corrected chi connectivity index (χ0v) is 20.1. The van der Waals surface area contributed by atoms with Gasteiger partial charge in [-0.3, -0.25) is 14.2 Å². The van der Waals surface area contributed by atoms with Crippen LogP contribution < -0.4 is 5.56 Å². The molecule has 1 aliphatic heterocycles. The Labute approximate surface area is 201 Å². The SMILES string of the molecule is CN1CCc2c(sc3nc(SCC(=O)c4ccccc4)n(CCc4ccccc4)c(=O)c23)C1. The summed E-state index contributed by atoms with van der Waals surface area (Å²) in [6, 6.07) is 19.5. The van der Waals surface area contributed by atoms with Gasteiger partial charge in [-0.1, -0.05) is 72.4 Å². The summed E-state index contributed by atoms with van der Waals surface area (Å²) >= 11 is 2.98. The van der Waals surface area contributed by atoms with Gasteiger partial charge in [-0.15, -0.1) is 11.3 Å². The second-order valence-corrected chi connectivity index (χ2v) is 10.4. The minimum absolute atomic E-state index is 0.0210. The van der Waals surface area contributed by atoms with E-state index in [0.717, 1.165) is 41.7 Å². The summed E-state index contributed by atoms with van der Waals surface area (Å²) in [4.78, 5) is 35.7. The van der Waals surface area contributed by atoms with Gasteiger partial charge < -0.3 is 4.90 Å². The van der Waals surface area contributed by atoms with Crippen molar-refractivity contribution in [3.05, 3.63) is 92.6 Å². The molecule has 33 heavy (non-hydrogen) atoms. The Morgan fingerprint density at radius 2 is 1.82 bits per heavy atom. The predicted molar refractivity (Wildman–Crippen MR) is 136 cm³/mol. The van der Waals surface area contributed by atoms with E-state index in [1.807, 2.05) is 48.5 Å². The van der Waals surface area contributed by atoms with Gasteiger partial charge >= 0.3 is 0 Å². The van der Waals surface area contributed by atoms with Crippen molar-refractivity contribution in [2.75, 3.05) is 19.3 Å². The third kappa shape index (κ3) is 4.67. The van der Waals surface area contributed by atoms with Gasteiger partial charge in [-0.2, -0.15) is 0 Å². The first-order valence-electron chi connectivity index (χ1n) is 11.1. The van der Waals surface area contributed by atoms with E-state index in [4.69, 9.17) is 4.98 Å². The molecule has 3 heterocycles. The van der Waals surface area contributed by atoms with Crippen LogP contribution in [0.4, 0.5) is 0 Å². The molecule has 5 nitrogen and oxygen atoms in total. The summed E-state index contributed by atoms with van der Waals surface area (Å²) in [7, 11) is 2.11. The maximum absolute atomic E-state index is 13.7. The lowest BCUT2D eigenvalue weighted by atomic mass is 10.1. The Hall–Kier alpha value is -2.74. The van der Waals surface area contributed by atoms with Crippen LogP contribution in [0.1, 0.15) is 26.4 Å². The van der Waals surface area contributed by atoms with E-state index in [0.29, 0.717) is 17.3 Å². The van der Waals surface area contributed by atoms with Crippen LogP contribution in [0.3, 0.4) is 0 Å². The topological polar surface area (TPSA) is 55.2 Å². The number of thioether (sulfide) groups is 1. The van der Waals surface area contributed by atoms with Gasteiger partial charge in [0, 0.05) is 30.1 Å². The number of aryl methyl sites for hydroxylation is 1. The monoisotopic (exact) mass is 475 g/mol. The Morgan fingerprint density at radius 3 is 2.58 bits per heavy atom. The van der Waals surface area contributed by atoms with Gasteiger partial charge in [-0.25, -0.2) is 4.98 Å². The first-order chi connectivity index (χ1) is 16.1. The molecular formula is C26H25N3O2S2. The number of ketones is 1. The molecule has 0 saturated heterocycles. The van der Waals surface area contributed by atoms with Crippen LogP contribution in [0.15, 0.2) is 70.6 Å². The molecule has 2 aromatic carbocycles. The Morgan fingerprint density at radius 1 is 1.09 bits per heavy atom. The molecule has 0 atom stereocenters. The quantitative estimate of drug-likeness (QED) is 0.221. The molecule has 0 fully saturated rings. The fourth-order valence-electron chi connectivity index (χ4n) is 4.22. The fourth-order valence-corrected chi connectivity index (χ4v) is 6.48. The number of hydrogen-bond donors (Lipinski definition) is 0. The molecule has 0 N–H and O–H groups in total. The number of aromatic nitrogens is 2. The molecule has 1 aliphatic rings. The molecule has 0 aliphatic carbocycles. The van der Waals surface area contributed by atoms with Crippen LogP contribution >= 0.6 is 23.1 Å². The summed E-state index contributed by atoms with van der Waals surface area (Å²) in [6.45, 7) is 2.34. The van der Waals surface area contributed by atoms with E-state index in [1.54, 1.807) is 15.9 Å². The molecule has 7 heteroatoms. The van der Waals surface area contributed by atoms with Crippen molar-refractivity contribution in [2.24, 2.45) is 0 Å². The first-order valence-corrected chi connectivity index (χ1v) is 12.9. The highest BCUT2D eigenvalue weighted by Crippen LogP contribution is 2.33. The number of carbonyl (C=O) groups excluding carboxylic acids is 1. The molecule has 0 bridgehead atoms. The van der Waals surface area contributed by atoms with E-state index in [2.05, 4.69) is 24.1 Å². The number of Topliss-reactive ketones (excluding diaryl/α,β-unsaturated/α-hetero) is 1. The van der Waals surface area contributed by atoms with Gasteiger partial charge in [0.25, 0.3) is 5.56 Å². The lowest BCUT2D eigenvalue weighted by Crippen LogP contribution is -2.28. The second kappa shape index (κ2) is 9.63. The van der Waals surface area contributed by atoms with E-state index in [-0.39, 0.29) is 17.1 Å². The molecule has 2 aromatic heterocycles. The van der Waals surface area contributed by atoms with Crippen LogP contribution in [-0.4, -0.2) is 39.6 Å². The van der Waals surface area contributed by atoms with E-state index < -0.39 is 0 Å². The Kier molecular flexibility index (Phi) is 6.44. The number of benzene rings is 2. The van der Waals surface area contributed by atoms with Crippen LogP contribution in [0.25, 0.3) is 10.2 Å². The highest BCUT2D eigenvalue weighted by Gasteiger charge is 2.24. The molecular weight excluding hydrogens is 450 g/mol. The van der Waals surface area contributed by atoms with Crippen molar-refractivity contribution < 1.29 is 4.79 Å². The van der Waals surface area contributed by atoms with Gasteiger partial charge in [0.05, 0.1) is 11.1 Å². The van der Waals surface area contributed by atoms with Gasteiger partial charge in [-0.05, 0) is 31.0 Å². The summed E-state index contributed by atoms with van der Waals surface area (Å²) in [5.74, 6) is 0.290. The summed E-state index contributed by atoms with van der Waals surface area (Å²) in [5.41, 5.74) is 3.04. The highest BCUT2D eigenvalue weighted by atomic mass is 32.2. The zero-order valence-electron chi connectivity index (χ0n) is 18.5. The van der Waals surface area contributed by atoms with Gasteiger partial charge in [0.2, 0.25) is 0 Å². The minimum atomic E-state index is 0.0210. The molecule has 0 spiro atoms. The van der Waals surface area contributed by atoms with Crippen LogP contribution in [-0.2, 0) is 25.9 Å². The summed E-state index contributed by atoms with van der Waals surface area (Å²) in [5, 5.41) is 1.40. The van der Waals surface area contributed by atoms with E-state index in [1.165, 1.54) is 22.2 Å². The lowest BCUT2D eigenvalue weighted by molar-refractivity contribution is 0.102. The third-order valence-electron chi connectivity index (χ3n) is 6.01. The van der Waals surface area contributed by atoms with Crippen LogP contribution in [0.2, 0.25) is 0 Å². The van der Waals surface area contributed by atoms with Crippen molar-refractivity contribution in [1.29, 1.82) is 0 Å². The standard InChI is InChI=1S/C26H25N3O2S2/c1-28-14-13-20-22(16-28)33-24-23(20)25(31)29(15-12-18-8-4-2-5-9-18)26(27-24)32-17-21(30)19-10-6-3-7-11-19/h2-11H,12-17H2,1H3. The molecule has 168 valence electrons. The van der Waals surface area contributed by atoms with E-state index in [9.17, 15) is 9.59 Å².